The number of aromatic nitrogens is 1. The molecule has 0 atom stereocenters. The predicted molar refractivity (Wildman–Crippen MR) is 132 cm³/mol. The summed E-state index contributed by atoms with van der Waals surface area (Å²) in [5.41, 5.74) is 3.34. The maximum Gasteiger partial charge on any atom is 0.233 e. The van der Waals surface area contributed by atoms with Gasteiger partial charge in [-0.25, -0.2) is 4.98 Å². The molecule has 0 N–H and O–H groups in total. The highest BCUT2D eigenvalue weighted by atomic mass is 35.5. The van der Waals surface area contributed by atoms with Crippen molar-refractivity contribution in [1.82, 2.24) is 4.98 Å². The largest absolute Gasteiger partial charge is 0.294 e. The number of carbonyl (C=O) groups excluding carboxylic acids is 2. The molecule has 0 radical (unpaired) electrons. The number of Topliss-reactive ketones (excluding diaryl/α,β-unsaturated/α-hetero) is 1. The number of carbonyl (C=O) groups is 2. The number of anilines is 2. The molecule has 0 saturated carbocycles. The summed E-state index contributed by atoms with van der Waals surface area (Å²) in [4.78, 5) is 32.3. The van der Waals surface area contributed by atoms with Crippen molar-refractivity contribution in [2.75, 3.05) is 4.90 Å². The Morgan fingerprint density at radius 2 is 1.62 bits per heavy atom. The number of nitrogens with zero attached hydrogens (tertiary/aromatic N) is 2. The van der Waals surface area contributed by atoms with Crippen LogP contribution in [0.4, 0.5) is 10.8 Å². The van der Waals surface area contributed by atoms with E-state index in [1.54, 1.807) is 29.2 Å². The Bertz CT molecular complexity index is 1210. The Morgan fingerprint density at radius 3 is 2.28 bits per heavy atom. The summed E-state index contributed by atoms with van der Waals surface area (Å²) in [5, 5.41) is 1.18. The third kappa shape index (κ3) is 4.90. The number of benzene rings is 3. The van der Waals surface area contributed by atoms with Gasteiger partial charge in [-0.05, 0) is 60.0 Å². The van der Waals surface area contributed by atoms with Crippen LogP contribution in [0, 0.1) is 0 Å². The first-order chi connectivity index (χ1) is 15.4. The Morgan fingerprint density at radius 1 is 0.938 bits per heavy atom. The molecule has 0 aliphatic heterocycles. The maximum atomic E-state index is 13.3. The summed E-state index contributed by atoms with van der Waals surface area (Å²) in [6.45, 7) is 4.27. The van der Waals surface area contributed by atoms with E-state index in [0.29, 0.717) is 21.6 Å². The number of amides is 1. The molecular weight excluding hydrogens is 440 g/mol. The van der Waals surface area contributed by atoms with Crippen molar-refractivity contribution in [3.63, 3.8) is 0 Å². The van der Waals surface area contributed by atoms with Crippen LogP contribution in [0.25, 0.3) is 10.2 Å². The quantitative estimate of drug-likeness (QED) is 0.269. The fourth-order valence-electron chi connectivity index (χ4n) is 3.44. The van der Waals surface area contributed by atoms with Crippen LogP contribution < -0.4 is 4.90 Å². The van der Waals surface area contributed by atoms with Crippen LogP contribution >= 0.6 is 22.9 Å². The zero-order chi connectivity index (χ0) is 22.7. The van der Waals surface area contributed by atoms with Gasteiger partial charge in [-0.2, -0.15) is 0 Å². The second-order valence-electron chi connectivity index (χ2n) is 7.87. The highest BCUT2D eigenvalue weighted by molar-refractivity contribution is 7.22. The second-order valence-corrected chi connectivity index (χ2v) is 9.32. The van der Waals surface area contributed by atoms with E-state index in [4.69, 9.17) is 11.6 Å². The predicted octanol–water partition coefficient (Wildman–Crippen LogP) is 7.40. The summed E-state index contributed by atoms with van der Waals surface area (Å²) >= 11 is 7.37. The number of hydrogen-bond acceptors (Lipinski definition) is 4. The molecule has 0 bridgehead atoms. The number of thiazole rings is 1. The van der Waals surface area contributed by atoms with Crippen LogP contribution in [0.1, 0.15) is 48.5 Å². The van der Waals surface area contributed by atoms with Crippen LogP contribution in [-0.4, -0.2) is 16.7 Å². The van der Waals surface area contributed by atoms with Gasteiger partial charge in [0, 0.05) is 23.4 Å². The zero-order valence-electron chi connectivity index (χ0n) is 17.9. The van der Waals surface area contributed by atoms with Crippen molar-refractivity contribution in [3.8, 4) is 0 Å². The van der Waals surface area contributed by atoms with Gasteiger partial charge in [0.25, 0.3) is 0 Å². The van der Waals surface area contributed by atoms with Gasteiger partial charge in [-0.15, -0.1) is 0 Å². The van der Waals surface area contributed by atoms with Crippen LogP contribution in [0.5, 0.6) is 0 Å². The van der Waals surface area contributed by atoms with Crippen molar-refractivity contribution in [3.05, 3.63) is 88.9 Å². The van der Waals surface area contributed by atoms with Crippen molar-refractivity contribution in [2.45, 2.75) is 32.6 Å². The van der Waals surface area contributed by atoms with Crippen molar-refractivity contribution < 1.29 is 9.59 Å². The van der Waals surface area contributed by atoms with Gasteiger partial charge in [-0.1, -0.05) is 61.1 Å². The van der Waals surface area contributed by atoms with Gasteiger partial charge >= 0.3 is 0 Å². The van der Waals surface area contributed by atoms with Crippen LogP contribution in [0.2, 0.25) is 5.02 Å². The fourth-order valence-corrected chi connectivity index (χ4v) is 4.57. The van der Waals surface area contributed by atoms with Crippen molar-refractivity contribution in [2.24, 2.45) is 0 Å². The van der Waals surface area contributed by atoms with Crippen LogP contribution in [-0.2, 0) is 4.79 Å². The van der Waals surface area contributed by atoms with E-state index in [1.807, 2.05) is 48.5 Å². The molecule has 0 saturated heterocycles. The Balaban J connectivity index is 1.61. The summed E-state index contributed by atoms with van der Waals surface area (Å²) in [7, 11) is 0. The first-order valence-electron chi connectivity index (χ1n) is 10.5. The minimum Gasteiger partial charge on any atom is -0.294 e. The van der Waals surface area contributed by atoms with Gasteiger partial charge in [-0.3, -0.25) is 14.5 Å². The van der Waals surface area contributed by atoms with Gasteiger partial charge in [0.15, 0.2) is 10.9 Å². The molecule has 0 aliphatic carbocycles. The van der Waals surface area contributed by atoms with E-state index >= 15 is 0 Å². The third-order valence-corrected chi connectivity index (χ3v) is 6.55. The normalized spacial score (nSPS) is 11.1. The first kappa shape index (κ1) is 22.2. The minimum absolute atomic E-state index is 0.0866. The zero-order valence-corrected chi connectivity index (χ0v) is 19.5. The Kier molecular flexibility index (Phi) is 6.68. The number of halogens is 1. The molecule has 4 aromatic rings. The lowest BCUT2D eigenvalue weighted by Gasteiger charge is -2.20. The Hall–Kier alpha value is -3.02. The lowest BCUT2D eigenvalue weighted by Crippen LogP contribution is -2.26. The minimum atomic E-state index is -0.163. The van der Waals surface area contributed by atoms with Gasteiger partial charge in [0.1, 0.15) is 0 Å². The first-order valence-corrected chi connectivity index (χ1v) is 11.7. The number of hydrogen-bond donors (Lipinski definition) is 0. The number of fused-ring (bicyclic) bond motifs is 1. The average molecular weight is 463 g/mol. The molecule has 1 aromatic heterocycles. The van der Waals surface area contributed by atoms with Crippen molar-refractivity contribution in [1.29, 1.82) is 0 Å². The number of ketones is 1. The number of para-hydroxylation sites is 1. The van der Waals surface area contributed by atoms with E-state index in [9.17, 15) is 9.59 Å². The summed E-state index contributed by atoms with van der Waals surface area (Å²) in [5.74, 6) is 0.144. The van der Waals surface area contributed by atoms with E-state index in [2.05, 4.69) is 18.8 Å². The lowest BCUT2D eigenvalue weighted by atomic mass is 10.0. The SMILES string of the molecule is CC(C)c1ccc(N(C(=O)CCC(=O)c2ccc(Cl)cc2)c2nc3ccccc3s2)cc1. The topological polar surface area (TPSA) is 50.3 Å². The molecule has 1 amide bonds. The molecule has 0 spiro atoms. The molecule has 0 unspecified atom stereocenters. The summed E-state index contributed by atoms with van der Waals surface area (Å²) < 4.78 is 1.01. The third-order valence-electron chi connectivity index (χ3n) is 5.27. The van der Waals surface area contributed by atoms with Crippen LogP contribution in [0.15, 0.2) is 72.8 Å². The highest BCUT2D eigenvalue weighted by Gasteiger charge is 2.23. The fraction of sp³-hybridized carbons (Fsp3) is 0.192. The summed E-state index contributed by atoms with van der Waals surface area (Å²) in [6.07, 6.45) is 0.204. The van der Waals surface area contributed by atoms with E-state index < -0.39 is 0 Å². The lowest BCUT2D eigenvalue weighted by molar-refractivity contribution is -0.117. The monoisotopic (exact) mass is 462 g/mol. The Labute approximate surface area is 196 Å². The molecule has 32 heavy (non-hydrogen) atoms. The average Bonchev–Trinajstić information content (AvgIpc) is 3.22. The standard InChI is InChI=1S/C26H23ClN2O2S/c1-17(2)18-9-13-21(14-10-18)29(26-28-22-5-3-4-6-24(22)32-26)25(31)16-15-23(30)19-7-11-20(27)12-8-19/h3-14,17H,15-16H2,1-2H3. The number of rotatable bonds is 7. The van der Waals surface area contributed by atoms with Gasteiger partial charge < -0.3 is 0 Å². The second kappa shape index (κ2) is 9.63. The maximum absolute atomic E-state index is 13.3. The summed E-state index contributed by atoms with van der Waals surface area (Å²) in [6, 6.07) is 22.5. The van der Waals surface area contributed by atoms with Crippen molar-refractivity contribution >= 4 is 55.7 Å². The molecule has 0 fully saturated rings. The van der Waals surface area contributed by atoms with Crippen LogP contribution in [0.3, 0.4) is 0 Å². The van der Waals surface area contributed by atoms with Gasteiger partial charge in [0.05, 0.1) is 15.9 Å². The molecule has 4 rings (SSSR count). The van der Waals surface area contributed by atoms with E-state index in [0.717, 1.165) is 15.9 Å². The molecule has 0 aliphatic rings. The van der Waals surface area contributed by atoms with E-state index in [-0.39, 0.29) is 24.5 Å². The van der Waals surface area contributed by atoms with Gasteiger partial charge in [0.2, 0.25) is 5.91 Å². The molecule has 4 nitrogen and oxygen atoms in total. The molecule has 162 valence electrons. The molecule has 3 aromatic carbocycles. The van der Waals surface area contributed by atoms with E-state index in [1.165, 1.54) is 16.9 Å². The molecular formula is C26H23ClN2O2S. The highest BCUT2D eigenvalue weighted by Crippen LogP contribution is 2.34. The molecule has 6 heteroatoms. The molecule has 1 heterocycles. The smallest absolute Gasteiger partial charge is 0.233 e.